The van der Waals surface area contributed by atoms with E-state index in [1.54, 1.807) is 12.1 Å². The second-order valence-electron chi connectivity index (χ2n) is 4.26. The molecular formula is C14H21NO4. The zero-order chi connectivity index (χ0) is 14.3. The highest BCUT2D eigenvalue weighted by molar-refractivity contribution is 5.72. The van der Waals surface area contributed by atoms with Crippen molar-refractivity contribution in [3.8, 4) is 11.5 Å². The molecule has 106 valence electrons. The molecule has 0 fully saturated rings. The van der Waals surface area contributed by atoms with Gasteiger partial charge in [0, 0.05) is 6.54 Å². The van der Waals surface area contributed by atoms with E-state index < -0.39 is 12.1 Å². The van der Waals surface area contributed by atoms with E-state index in [-0.39, 0.29) is 0 Å². The smallest absolute Gasteiger partial charge is 0.344 e. The quantitative estimate of drug-likeness (QED) is 0.706. The average molecular weight is 267 g/mol. The van der Waals surface area contributed by atoms with Gasteiger partial charge in [0.1, 0.15) is 0 Å². The van der Waals surface area contributed by atoms with Gasteiger partial charge >= 0.3 is 5.97 Å². The van der Waals surface area contributed by atoms with Crippen LogP contribution in [0.1, 0.15) is 25.8 Å². The molecule has 1 aromatic carbocycles. The molecule has 0 aliphatic heterocycles. The number of rotatable bonds is 8. The molecule has 2 N–H and O–H groups in total. The van der Waals surface area contributed by atoms with Crippen molar-refractivity contribution in [2.45, 2.75) is 32.9 Å². The van der Waals surface area contributed by atoms with Gasteiger partial charge < -0.3 is 19.9 Å². The fourth-order valence-corrected chi connectivity index (χ4v) is 1.57. The molecule has 0 heterocycles. The van der Waals surface area contributed by atoms with Gasteiger partial charge in [-0.05, 0) is 37.6 Å². The van der Waals surface area contributed by atoms with E-state index in [1.165, 1.54) is 14.0 Å². The maximum Gasteiger partial charge on any atom is 0.344 e. The Morgan fingerprint density at radius 1 is 1.42 bits per heavy atom. The van der Waals surface area contributed by atoms with Crippen molar-refractivity contribution in [3.63, 3.8) is 0 Å². The molecule has 0 amide bonds. The van der Waals surface area contributed by atoms with Crippen molar-refractivity contribution in [2.24, 2.45) is 0 Å². The molecule has 0 bridgehead atoms. The Morgan fingerprint density at radius 3 is 2.74 bits per heavy atom. The second-order valence-corrected chi connectivity index (χ2v) is 4.26. The number of aliphatic carboxylic acids is 1. The average Bonchev–Trinajstić information content (AvgIpc) is 2.39. The normalized spacial score (nSPS) is 11.9. The number of nitrogens with one attached hydrogen (secondary N) is 1. The van der Waals surface area contributed by atoms with Crippen molar-refractivity contribution in [1.29, 1.82) is 0 Å². The van der Waals surface area contributed by atoms with Crippen LogP contribution in [0.3, 0.4) is 0 Å². The van der Waals surface area contributed by atoms with Gasteiger partial charge in [0.2, 0.25) is 0 Å². The minimum Gasteiger partial charge on any atom is -0.493 e. The largest absolute Gasteiger partial charge is 0.493 e. The van der Waals surface area contributed by atoms with Crippen LogP contribution in [0.15, 0.2) is 18.2 Å². The summed E-state index contributed by atoms with van der Waals surface area (Å²) in [5.41, 5.74) is 1.03. The van der Waals surface area contributed by atoms with E-state index in [4.69, 9.17) is 14.6 Å². The highest BCUT2D eigenvalue weighted by atomic mass is 16.5. The number of carbonyl (C=O) groups is 1. The third kappa shape index (κ3) is 4.79. The molecule has 0 aliphatic rings. The summed E-state index contributed by atoms with van der Waals surface area (Å²) in [7, 11) is 1.53. The van der Waals surface area contributed by atoms with Gasteiger partial charge in [0.25, 0.3) is 0 Å². The van der Waals surface area contributed by atoms with Gasteiger partial charge in [-0.2, -0.15) is 0 Å². The van der Waals surface area contributed by atoms with E-state index in [2.05, 4.69) is 12.2 Å². The molecule has 1 rings (SSSR count). The van der Waals surface area contributed by atoms with E-state index in [0.717, 1.165) is 25.1 Å². The minimum absolute atomic E-state index is 0.452. The SMILES string of the molecule is CCCNCc1ccc(OC)c(OC(C)C(=O)O)c1. The zero-order valence-corrected chi connectivity index (χ0v) is 11.6. The van der Waals surface area contributed by atoms with E-state index in [9.17, 15) is 4.79 Å². The number of methoxy groups -OCH3 is 1. The molecule has 1 aromatic rings. The van der Waals surface area contributed by atoms with Gasteiger partial charge in [0.05, 0.1) is 7.11 Å². The summed E-state index contributed by atoms with van der Waals surface area (Å²) in [5, 5.41) is 12.2. The van der Waals surface area contributed by atoms with Crippen LogP contribution in [0.5, 0.6) is 11.5 Å². The molecule has 1 atom stereocenters. The van der Waals surface area contributed by atoms with E-state index >= 15 is 0 Å². The Bertz CT molecular complexity index is 420. The lowest BCUT2D eigenvalue weighted by Crippen LogP contribution is -2.23. The van der Waals surface area contributed by atoms with Crippen LogP contribution >= 0.6 is 0 Å². The second kappa shape index (κ2) is 7.63. The van der Waals surface area contributed by atoms with Gasteiger partial charge in [-0.25, -0.2) is 4.79 Å². The number of carboxylic acids is 1. The summed E-state index contributed by atoms with van der Waals surface area (Å²) >= 11 is 0. The molecule has 19 heavy (non-hydrogen) atoms. The molecule has 0 aliphatic carbocycles. The van der Waals surface area contributed by atoms with E-state index in [1.807, 2.05) is 6.07 Å². The van der Waals surface area contributed by atoms with Crippen LogP contribution in [0.25, 0.3) is 0 Å². The minimum atomic E-state index is -1.00. The highest BCUT2D eigenvalue weighted by Gasteiger charge is 2.15. The lowest BCUT2D eigenvalue weighted by Gasteiger charge is -2.15. The predicted molar refractivity (Wildman–Crippen MR) is 72.7 cm³/mol. The predicted octanol–water partition coefficient (Wildman–Crippen LogP) is 2.05. The highest BCUT2D eigenvalue weighted by Crippen LogP contribution is 2.29. The fourth-order valence-electron chi connectivity index (χ4n) is 1.57. The van der Waals surface area contributed by atoms with E-state index in [0.29, 0.717) is 11.5 Å². The molecule has 1 unspecified atom stereocenters. The molecule has 5 nitrogen and oxygen atoms in total. The van der Waals surface area contributed by atoms with Crippen LogP contribution in [0.4, 0.5) is 0 Å². The first-order valence-electron chi connectivity index (χ1n) is 6.35. The number of carboxylic acid groups (broad SMARTS) is 1. The van der Waals surface area contributed by atoms with Crippen LogP contribution in [-0.2, 0) is 11.3 Å². The number of ether oxygens (including phenoxy) is 2. The Balaban J connectivity index is 2.80. The third-order valence-corrected chi connectivity index (χ3v) is 2.64. The van der Waals surface area contributed by atoms with Crippen molar-refractivity contribution in [2.75, 3.05) is 13.7 Å². The Morgan fingerprint density at radius 2 is 2.16 bits per heavy atom. The summed E-state index contributed by atoms with van der Waals surface area (Å²) in [6.07, 6.45) is 0.156. The summed E-state index contributed by atoms with van der Waals surface area (Å²) in [5.74, 6) is -0.0166. The fraction of sp³-hybridized carbons (Fsp3) is 0.500. The monoisotopic (exact) mass is 267 g/mol. The molecule has 0 saturated heterocycles. The summed E-state index contributed by atoms with van der Waals surface area (Å²) in [6.45, 7) is 5.25. The van der Waals surface area contributed by atoms with Crippen molar-refractivity contribution in [3.05, 3.63) is 23.8 Å². The lowest BCUT2D eigenvalue weighted by atomic mass is 10.2. The Kier molecular flexibility index (Phi) is 6.15. The first-order valence-corrected chi connectivity index (χ1v) is 6.35. The Hall–Kier alpha value is -1.75. The molecule has 0 radical (unpaired) electrons. The summed E-state index contributed by atoms with van der Waals surface area (Å²) in [6, 6.07) is 5.52. The summed E-state index contributed by atoms with van der Waals surface area (Å²) < 4.78 is 10.6. The number of hydrogen-bond acceptors (Lipinski definition) is 4. The third-order valence-electron chi connectivity index (χ3n) is 2.64. The zero-order valence-electron chi connectivity index (χ0n) is 11.6. The van der Waals surface area contributed by atoms with Gasteiger partial charge in [-0.15, -0.1) is 0 Å². The molecule has 0 aromatic heterocycles. The molecule has 0 spiro atoms. The maximum absolute atomic E-state index is 10.8. The molecular weight excluding hydrogens is 246 g/mol. The van der Waals surface area contributed by atoms with Gasteiger partial charge in [-0.1, -0.05) is 13.0 Å². The molecule has 0 saturated carbocycles. The topological polar surface area (TPSA) is 67.8 Å². The lowest BCUT2D eigenvalue weighted by molar-refractivity contribution is -0.144. The summed E-state index contributed by atoms with van der Waals surface area (Å²) in [4.78, 5) is 10.8. The molecule has 5 heteroatoms. The van der Waals surface area contributed by atoms with Crippen LogP contribution in [0, 0.1) is 0 Å². The first-order chi connectivity index (χ1) is 9.08. The van der Waals surface area contributed by atoms with Crippen molar-refractivity contribution in [1.82, 2.24) is 5.32 Å². The number of benzene rings is 1. The van der Waals surface area contributed by atoms with Crippen LogP contribution in [-0.4, -0.2) is 30.8 Å². The van der Waals surface area contributed by atoms with Crippen molar-refractivity contribution >= 4 is 5.97 Å². The van der Waals surface area contributed by atoms with Crippen LogP contribution in [0.2, 0.25) is 0 Å². The van der Waals surface area contributed by atoms with Gasteiger partial charge in [0.15, 0.2) is 17.6 Å². The standard InChI is InChI=1S/C14H21NO4/c1-4-7-15-9-11-5-6-12(18-3)13(8-11)19-10(2)14(16)17/h5-6,8,10,15H,4,7,9H2,1-3H3,(H,16,17). The Labute approximate surface area is 113 Å². The van der Waals surface area contributed by atoms with Crippen molar-refractivity contribution < 1.29 is 19.4 Å². The van der Waals surface area contributed by atoms with Crippen LogP contribution < -0.4 is 14.8 Å². The van der Waals surface area contributed by atoms with Gasteiger partial charge in [-0.3, -0.25) is 0 Å². The first kappa shape index (κ1) is 15.3. The maximum atomic E-state index is 10.8. The number of hydrogen-bond donors (Lipinski definition) is 2.